The summed E-state index contributed by atoms with van der Waals surface area (Å²) in [5, 5.41) is 11.9. The van der Waals surface area contributed by atoms with Crippen LogP contribution in [0.3, 0.4) is 0 Å². The molecule has 0 radical (unpaired) electrons. The van der Waals surface area contributed by atoms with E-state index in [1.807, 2.05) is 6.19 Å². The Hall–Kier alpha value is -2.68. The van der Waals surface area contributed by atoms with Crippen molar-refractivity contribution >= 4 is 11.6 Å². The maximum absolute atomic E-state index is 12.8. The summed E-state index contributed by atoms with van der Waals surface area (Å²) in [5.41, 5.74) is 0.940. The van der Waals surface area contributed by atoms with Crippen molar-refractivity contribution in [2.45, 2.75) is 6.54 Å². The summed E-state index contributed by atoms with van der Waals surface area (Å²) in [7, 11) is 1.62. The fourth-order valence-corrected chi connectivity index (χ4v) is 1.47. The fourth-order valence-electron chi connectivity index (χ4n) is 1.47. The Morgan fingerprint density at radius 3 is 2.74 bits per heavy atom. The summed E-state index contributed by atoms with van der Waals surface area (Å²) in [6.07, 6.45) is 3.35. The Morgan fingerprint density at radius 2 is 2.05 bits per heavy atom. The maximum Gasteiger partial charge on any atom is 0.185 e. The molecule has 2 rings (SSSR count). The van der Waals surface area contributed by atoms with Crippen LogP contribution in [-0.4, -0.2) is 17.0 Å². The number of rotatable bonds is 4. The second-order valence-electron chi connectivity index (χ2n) is 3.90. The van der Waals surface area contributed by atoms with E-state index >= 15 is 0 Å². The van der Waals surface area contributed by atoms with Gasteiger partial charge in [-0.2, -0.15) is 5.26 Å². The van der Waals surface area contributed by atoms with E-state index in [2.05, 4.69) is 15.3 Å². The number of nitriles is 1. The highest BCUT2D eigenvalue weighted by Crippen LogP contribution is 2.13. The molecule has 19 heavy (non-hydrogen) atoms. The maximum atomic E-state index is 12.8. The summed E-state index contributed by atoms with van der Waals surface area (Å²) in [5.74, 6) is 0.860. The number of halogens is 1. The molecule has 5 nitrogen and oxygen atoms in total. The Bertz CT molecular complexity index is 591. The largest absolute Gasteiger partial charge is 0.366 e. The Labute approximate surface area is 110 Å². The third-order valence-electron chi connectivity index (χ3n) is 2.53. The lowest BCUT2D eigenvalue weighted by Crippen LogP contribution is -2.11. The molecule has 1 aromatic carbocycles. The molecule has 0 amide bonds. The number of hydrogen-bond acceptors (Lipinski definition) is 5. The van der Waals surface area contributed by atoms with E-state index in [1.54, 1.807) is 25.2 Å². The standard InChI is InChI=1S/C13H12FN5/c1-19(8-15)13-6-12(17-9-18-13)16-7-10-2-4-11(14)5-3-10/h2-6,9H,7H2,1H3,(H,16,17,18). The average molecular weight is 257 g/mol. The minimum Gasteiger partial charge on any atom is -0.366 e. The zero-order chi connectivity index (χ0) is 13.7. The van der Waals surface area contributed by atoms with E-state index in [4.69, 9.17) is 5.26 Å². The van der Waals surface area contributed by atoms with E-state index in [0.717, 1.165) is 5.56 Å². The molecule has 0 spiro atoms. The Kier molecular flexibility index (Phi) is 3.88. The summed E-state index contributed by atoms with van der Waals surface area (Å²) in [6.45, 7) is 0.521. The van der Waals surface area contributed by atoms with Crippen LogP contribution in [0.25, 0.3) is 0 Å². The predicted octanol–water partition coefficient (Wildman–Crippen LogP) is 2.15. The molecule has 1 N–H and O–H groups in total. The van der Waals surface area contributed by atoms with Gasteiger partial charge < -0.3 is 5.32 Å². The molecule has 6 heteroatoms. The lowest BCUT2D eigenvalue weighted by Gasteiger charge is -2.10. The SMILES string of the molecule is CN(C#N)c1cc(NCc2ccc(F)cc2)ncn1. The molecule has 2 aromatic rings. The summed E-state index contributed by atoms with van der Waals surface area (Å²) >= 11 is 0. The monoisotopic (exact) mass is 257 g/mol. The summed E-state index contributed by atoms with van der Waals surface area (Å²) < 4.78 is 12.8. The molecule has 0 aliphatic carbocycles. The molecule has 0 unspecified atom stereocenters. The summed E-state index contributed by atoms with van der Waals surface area (Å²) in [4.78, 5) is 9.37. The van der Waals surface area contributed by atoms with Crippen LogP contribution in [0, 0.1) is 17.3 Å². The van der Waals surface area contributed by atoms with E-state index in [0.29, 0.717) is 18.2 Å². The molecule has 0 aliphatic heterocycles. The number of hydrogen-bond donors (Lipinski definition) is 1. The normalized spacial score (nSPS) is 9.74. The van der Waals surface area contributed by atoms with E-state index in [-0.39, 0.29) is 5.82 Å². The number of aromatic nitrogens is 2. The number of benzene rings is 1. The first-order valence-corrected chi connectivity index (χ1v) is 5.63. The van der Waals surface area contributed by atoms with Crippen LogP contribution < -0.4 is 10.2 Å². The van der Waals surface area contributed by atoms with Gasteiger partial charge in [0, 0.05) is 19.7 Å². The van der Waals surface area contributed by atoms with Crippen LogP contribution in [0.1, 0.15) is 5.56 Å². The van der Waals surface area contributed by atoms with Crippen molar-refractivity contribution in [2.24, 2.45) is 0 Å². The molecule has 0 aliphatic rings. The minimum atomic E-state index is -0.260. The lowest BCUT2D eigenvalue weighted by atomic mass is 10.2. The quantitative estimate of drug-likeness (QED) is 0.671. The lowest BCUT2D eigenvalue weighted by molar-refractivity contribution is 0.627. The Morgan fingerprint density at radius 1 is 1.32 bits per heavy atom. The molecule has 0 saturated heterocycles. The van der Waals surface area contributed by atoms with Gasteiger partial charge in [-0.05, 0) is 17.7 Å². The minimum absolute atomic E-state index is 0.260. The zero-order valence-corrected chi connectivity index (χ0v) is 10.3. The molecule has 96 valence electrons. The van der Waals surface area contributed by atoms with Crippen LogP contribution in [0.15, 0.2) is 36.7 Å². The van der Waals surface area contributed by atoms with Crippen LogP contribution in [0.2, 0.25) is 0 Å². The van der Waals surface area contributed by atoms with Crippen molar-refractivity contribution in [2.75, 3.05) is 17.3 Å². The highest BCUT2D eigenvalue weighted by molar-refractivity contribution is 5.50. The van der Waals surface area contributed by atoms with Crippen molar-refractivity contribution < 1.29 is 4.39 Å². The fraction of sp³-hybridized carbons (Fsp3) is 0.154. The molecule has 0 fully saturated rings. The third-order valence-corrected chi connectivity index (χ3v) is 2.53. The van der Waals surface area contributed by atoms with Crippen molar-refractivity contribution in [3.8, 4) is 6.19 Å². The van der Waals surface area contributed by atoms with Gasteiger partial charge in [0.1, 0.15) is 23.8 Å². The molecule has 0 atom stereocenters. The van der Waals surface area contributed by atoms with Crippen molar-refractivity contribution in [3.05, 3.63) is 48.0 Å². The van der Waals surface area contributed by atoms with Crippen molar-refractivity contribution in [1.29, 1.82) is 5.26 Å². The highest BCUT2D eigenvalue weighted by atomic mass is 19.1. The van der Waals surface area contributed by atoms with Crippen LogP contribution in [-0.2, 0) is 6.54 Å². The van der Waals surface area contributed by atoms with E-state index in [1.165, 1.54) is 23.4 Å². The van der Waals surface area contributed by atoms with Gasteiger partial charge in [-0.1, -0.05) is 12.1 Å². The van der Waals surface area contributed by atoms with Gasteiger partial charge in [0.15, 0.2) is 6.19 Å². The van der Waals surface area contributed by atoms with E-state index < -0.39 is 0 Å². The second kappa shape index (κ2) is 5.78. The van der Waals surface area contributed by atoms with Crippen LogP contribution in [0.5, 0.6) is 0 Å². The van der Waals surface area contributed by atoms with Gasteiger partial charge in [-0.25, -0.2) is 14.4 Å². The average Bonchev–Trinajstić information content (AvgIpc) is 2.46. The van der Waals surface area contributed by atoms with Crippen molar-refractivity contribution in [1.82, 2.24) is 9.97 Å². The summed E-state index contributed by atoms with van der Waals surface area (Å²) in [6, 6.07) is 7.89. The topological polar surface area (TPSA) is 64.8 Å². The van der Waals surface area contributed by atoms with Gasteiger partial charge in [-0.15, -0.1) is 0 Å². The van der Waals surface area contributed by atoms with Crippen LogP contribution >= 0.6 is 0 Å². The van der Waals surface area contributed by atoms with Crippen molar-refractivity contribution in [3.63, 3.8) is 0 Å². The van der Waals surface area contributed by atoms with Crippen LogP contribution in [0.4, 0.5) is 16.0 Å². The van der Waals surface area contributed by atoms with Gasteiger partial charge in [-0.3, -0.25) is 4.90 Å². The van der Waals surface area contributed by atoms with E-state index in [9.17, 15) is 4.39 Å². The Balaban J connectivity index is 2.04. The molecule has 0 saturated carbocycles. The molecule has 1 heterocycles. The first-order valence-electron chi connectivity index (χ1n) is 5.63. The first kappa shape index (κ1) is 12.8. The van der Waals surface area contributed by atoms with Gasteiger partial charge in [0.25, 0.3) is 0 Å². The highest BCUT2D eigenvalue weighted by Gasteiger charge is 2.03. The molecule has 0 bridgehead atoms. The third kappa shape index (κ3) is 3.39. The first-order chi connectivity index (χ1) is 9.19. The van der Waals surface area contributed by atoms with Gasteiger partial charge >= 0.3 is 0 Å². The number of anilines is 2. The smallest absolute Gasteiger partial charge is 0.185 e. The zero-order valence-electron chi connectivity index (χ0n) is 10.3. The second-order valence-corrected chi connectivity index (χ2v) is 3.90. The molecule has 1 aromatic heterocycles. The number of nitrogens with zero attached hydrogens (tertiary/aromatic N) is 4. The predicted molar refractivity (Wildman–Crippen MR) is 69.8 cm³/mol. The molecular formula is C13H12FN5. The molecular weight excluding hydrogens is 245 g/mol. The van der Waals surface area contributed by atoms with Gasteiger partial charge in [0.2, 0.25) is 0 Å². The van der Waals surface area contributed by atoms with Gasteiger partial charge in [0.05, 0.1) is 0 Å². The number of nitrogens with one attached hydrogen (secondary N) is 1.